The van der Waals surface area contributed by atoms with Crippen LogP contribution < -0.4 is 0 Å². The lowest BCUT2D eigenvalue weighted by Crippen LogP contribution is -2.31. The second-order valence-electron chi connectivity index (χ2n) is 6.00. The van der Waals surface area contributed by atoms with E-state index in [2.05, 4.69) is 13.8 Å². The zero-order chi connectivity index (χ0) is 15.2. The molecule has 0 bridgehead atoms. The van der Waals surface area contributed by atoms with Gasteiger partial charge in [-0.05, 0) is 24.3 Å². The zero-order valence-electron chi connectivity index (χ0n) is 13.1. The van der Waals surface area contributed by atoms with Crippen LogP contribution in [0.3, 0.4) is 0 Å². The van der Waals surface area contributed by atoms with Gasteiger partial charge in [-0.2, -0.15) is 0 Å². The average Bonchev–Trinajstić information content (AvgIpc) is 2.80. The van der Waals surface area contributed by atoms with Gasteiger partial charge in [0.2, 0.25) is 5.91 Å². The molecule has 21 heavy (non-hydrogen) atoms. The molecule has 2 rings (SSSR count). The van der Waals surface area contributed by atoms with Crippen LogP contribution in [-0.4, -0.2) is 29.7 Å². The molecule has 1 atom stereocenters. The van der Waals surface area contributed by atoms with Crippen LogP contribution >= 0.6 is 0 Å². The van der Waals surface area contributed by atoms with Crippen molar-refractivity contribution < 1.29 is 9.59 Å². The highest BCUT2D eigenvalue weighted by molar-refractivity contribution is 5.99. The van der Waals surface area contributed by atoms with Crippen molar-refractivity contribution in [1.82, 2.24) is 4.90 Å². The standard InChI is InChI=1S/C18H25NO2/c1-3-5-14-7-9-16(10-8-14)17(20)13-19-12-15(6-4-2)11-18(19)21/h7-10,15H,3-6,11-13H2,1-2H3. The Kier molecular flexibility index (Phi) is 5.54. The second kappa shape index (κ2) is 7.39. The fourth-order valence-electron chi connectivity index (χ4n) is 3.02. The topological polar surface area (TPSA) is 37.4 Å². The summed E-state index contributed by atoms with van der Waals surface area (Å²) >= 11 is 0. The SMILES string of the molecule is CCCc1ccc(C(=O)CN2CC(CCC)CC2=O)cc1. The first-order valence-corrected chi connectivity index (χ1v) is 8.04. The third-order valence-electron chi connectivity index (χ3n) is 4.14. The minimum atomic E-state index is 0.0450. The third-order valence-corrected chi connectivity index (χ3v) is 4.14. The molecule has 0 saturated carbocycles. The van der Waals surface area contributed by atoms with Crippen LogP contribution in [-0.2, 0) is 11.2 Å². The molecule has 3 nitrogen and oxygen atoms in total. The highest BCUT2D eigenvalue weighted by Crippen LogP contribution is 2.22. The van der Waals surface area contributed by atoms with Crippen LogP contribution in [0.4, 0.5) is 0 Å². The Morgan fingerprint density at radius 3 is 2.52 bits per heavy atom. The molecule has 1 unspecified atom stereocenters. The Morgan fingerprint density at radius 1 is 1.19 bits per heavy atom. The second-order valence-corrected chi connectivity index (χ2v) is 6.00. The molecular weight excluding hydrogens is 262 g/mol. The quantitative estimate of drug-likeness (QED) is 0.720. The number of aryl methyl sites for hydroxylation is 1. The summed E-state index contributed by atoms with van der Waals surface area (Å²) in [6.07, 6.45) is 4.92. The molecule has 0 radical (unpaired) electrons. The van der Waals surface area contributed by atoms with Crippen molar-refractivity contribution >= 4 is 11.7 Å². The number of carbonyl (C=O) groups excluding carboxylic acids is 2. The van der Waals surface area contributed by atoms with Gasteiger partial charge in [-0.25, -0.2) is 0 Å². The minimum absolute atomic E-state index is 0.0450. The van der Waals surface area contributed by atoms with Gasteiger partial charge in [0.05, 0.1) is 6.54 Å². The molecule has 1 amide bonds. The van der Waals surface area contributed by atoms with Crippen LogP contribution in [0, 0.1) is 5.92 Å². The molecule has 1 heterocycles. The molecule has 1 aliphatic heterocycles. The third kappa shape index (κ3) is 4.16. The molecule has 0 N–H and O–H groups in total. The lowest BCUT2D eigenvalue weighted by Gasteiger charge is -2.15. The number of likely N-dealkylation sites (tertiary alicyclic amines) is 1. The summed E-state index contributed by atoms with van der Waals surface area (Å²) in [6.45, 7) is 5.25. The van der Waals surface area contributed by atoms with Crippen LogP contribution in [0.15, 0.2) is 24.3 Å². The van der Waals surface area contributed by atoms with Crippen LogP contribution in [0.1, 0.15) is 55.5 Å². The monoisotopic (exact) mass is 287 g/mol. The van der Waals surface area contributed by atoms with Gasteiger partial charge in [-0.1, -0.05) is 51.0 Å². The molecule has 114 valence electrons. The van der Waals surface area contributed by atoms with Crippen molar-refractivity contribution in [2.75, 3.05) is 13.1 Å². The van der Waals surface area contributed by atoms with Crippen molar-refractivity contribution in [3.63, 3.8) is 0 Å². The highest BCUT2D eigenvalue weighted by Gasteiger charge is 2.30. The summed E-state index contributed by atoms with van der Waals surface area (Å²) in [5, 5.41) is 0. The predicted molar refractivity (Wildman–Crippen MR) is 84.4 cm³/mol. The molecule has 3 heteroatoms. The number of Topliss-reactive ketones (excluding diaryl/α,β-unsaturated/α-hetero) is 1. The van der Waals surface area contributed by atoms with E-state index < -0.39 is 0 Å². The van der Waals surface area contributed by atoms with Gasteiger partial charge in [0.25, 0.3) is 0 Å². The maximum Gasteiger partial charge on any atom is 0.223 e. The van der Waals surface area contributed by atoms with E-state index in [0.717, 1.165) is 32.2 Å². The summed E-state index contributed by atoms with van der Waals surface area (Å²) in [5.74, 6) is 0.607. The van der Waals surface area contributed by atoms with E-state index in [-0.39, 0.29) is 18.2 Å². The first-order chi connectivity index (χ1) is 10.1. The molecule has 1 aromatic rings. The summed E-state index contributed by atoms with van der Waals surface area (Å²) in [4.78, 5) is 26.0. The highest BCUT2D eigenvalue weighted by atomic mass is 16.2. The average molecular weight is 287 g/mol. The maximum absolute atomic E-state index is 12.3. The van der Waals surface area contributed by atoms with E-state index in [9.17, 15) is 9.59 Å². The fraction of sp³-hybridized carbons (Fsp3) is 0.556. The van der Waals surface area contributed by atoms with Crippen molar-refractivity contribution in [3.8, 4) is 0 Å². The summed E-state index contributed by atoms with van der Waals surface area (Å²) in [7, 11) is 0. The van der Waals surface area contributed by atoms with Crippen LogP contribution in [0.25, 0.3) is 0 Å². The Balaban J connectivity index is 1.93. The van der Waals surface area contributed by atoms with Gasteiger partial charge in [-0.3, -0.25) is 9.59 Å². The van der Waals surface area contributed by atoms with Crippen molar-refractivity contribution in [1.29, 1.82) is 0 Å². The van der Waals surface area contributed by atoms with Gasteiger partial charge in [0, 0.05) is 18.5 Å². The van der Waals surface area contributed by atoms with E-state index >= 15 is 0 Å². The Hall–Kier alpha value is -1.64. The first-order valence-electron chi connectivity index (χ1n) is 8.04. The molecule has 1 saturated heterocycles. The molecule has 1 fully saturated rings. The lowest BCUT2D eigenvalue weighted by molar-refractivity contribution is -0.127. The molecule has 1 aromatic carbocycles. The number of hydrogen-bond donors (Lipinski definition) is 0. The number of rotatable bonds is 7. The van der Waals surface area contributed by atoms with Gasteiger partial charge in [0.1, 0.15) is 0 Å². The van der Waals surface area contributed by atoms with Gasteiger partial charge < -0.3 is 4.90 Å². The van der Waals surface area contributed by atoms with Crippen LogP contribution in [0.5, 0.6) is 0 Å². The first kappa shape index (κ1) is 15.7. The smallest absolute Gasteiger partial charge is 0.223 e. The predicted octanol–water partition coefficient (Wildman–Crippen LogP) is 3.47. The van der Waals surface area contributed by atoms with E-state index in [1.165, 1.54) is 5.56 Å². The summed E-state index contributed by atoms with van der Waals surface area (Å²) in [6, 6.07) is 7.81. The zero-order valence-corrected chi connectivity index (χ0v) is 13.1. The Morgan fingerprint density at radius 2 is 1.90 bits per heavy atom. The summed E-state index contributed by atoms with van der Waals surface area (Å²) < 4.78 is 0. The minimum Gasteiger partial charge on any atom is -0.335 e. The van der Waals surface area contributed by atoms with Crippen molar-refractivity contribution in [2.45, 2.75) is 46.0 Å². The molecule has 0 aromatic heterocycles. The number of nitrogens with zero attached hydrogens (tertiary/aromatic N) is 1. The maximum atomic E-state index is 12.3. The van der Waals surface area contributed by atoms with Crippen LogP contribution in [0.2, 0.25) is 0 Å². The Labute approximate surface area is 127 Å². The number of ketones is 1. The van der Waals surface area contributed by atoms with Crippen molar-refractivity contribution in [3.05, 3.63) is 35.4 Å². The summed E-state index contributed by atoms with van der Waals surface area (Å²) in [5.41, 5.74) is 1.97. The van der Waals surface area contributed by atoms with E-state index in [1.807, 2.05) is 24.3 Å². The number of amides is 1. The number of benzene rings is 1. The van der Waals surface area contributed by atoms with E-state index in [4.69, 9.17) is 0 Å². The van der Waals surface area contributed by atoms with E-state index in [1.54, 1.807) is 4.90 Å². The molecule has 0 aliphatic carbocycles. The molecular formula is C18H25NO2. The van der Waals surface area contributed by atoms with Crippen molar-refractivity contribution in [2.24, 2.45) is 5.92 Å². The van der Waals surface area contributed by atoms with E-state index in [0.29, 0.717) is 17.9 Å². The molecule has 0 spiro atoms. The number of hydrogen-bond acceptors (Lipinski definition) is 2. The van der Waals surface area contributed by atoms with Gasteiger partial charge in [0.15, 0.2) is 5.78 Å². The normalized spacial score (nSPS) is 18.3. The largest absolute Gasteiger partial charge is 0.335 e. The van der Waals surface area contributed by atoms with Gasteiger partial charge >= 0.3 is 0 Å². The number of carbonyl (C=O) groups is 2. The molecule has 1 aliphatic rings. The lowest BCUT2D eigenvalue weighted by atomic mass is 10.0. The Bertz CT molecular complexity index is 492. The fourth-order valence-corrected chi connectivity index (χ4v) is 3.02. The van der Waals surface area contributed by atoms with Gasteiger partial charge in [-0.15, -0.1) is 0 Å².